The van der Waals surface area contributed by atoms with Crippen molar-refractivity contribution in [2.24, 2.45) is 0 Å². The highest BCUT2D eigenvalue weighted by Crippen LogP contribution is 2.21. The van der Waals surface area contributed by atoms with Gasteiger partial charge in [0, 0.05) is 11.4 Å². The van der Waals surface area contributed by atoms with Crippen LogP contribution in [-0.4, -0.2) is 15.2 Å². The number of nitrogens with zero attached hydrogens (tertiary/aromatic N) is 3. The molecule has 0 aliphatic carbocycles. The molecule has 24 heavy (non-hydrogen) atoms. The van der Waals surface area contributed by atoms with E-state index >= 15 is 0 Å². The minimum Gasteiger partial charge on any atom is -0.339 e. The molecule has 0 spiro atoms. The second-order valence-corrected chi connectivity index (χ2v) is 5.78. The van der Waals surface area contributed by atoms with Crippen molar-refractivity contribution in [3.63, 3.8) is 0 Å². The summed E-state index contributed by atoms with van der Waals surface area (Å²) >= 11 is 0. The number of aryl methyl sites for hydroxylation is 3. The summed E-state index contributed by atoms with van der Waals surface area (Å²) in [5, 5.41) is 14.5. The van der Waals surface area contributed by atoms with Gasteiger partial charge in [0.05, 0.1) is 6.20 Å². The normalized spacial score (nSPS) is 10.5. The van der Waals surface area contributed by atoms with E-state index in [-0.39, 0.29) is 0 Å². The van der Waals surface area contributed by atoms with Crippen LogP contribution in [0.3, 0.4) is 0 Å². The van der Waals surface area contributed by atoms with E-state index in [0.717, 1.165) is 17.8 Å². The van der Waals surface area contributed by atoms with Gasteiger partial charge >= 0.3 is 0 Å². The van der Waals surface area contributed by atoms with Gasteiger partial charge in [-0.3, -0.25) is 0 Å². The molecule has 0 aliphatic heterocycles. The van der Waals surface area contributed by atoms with Gasteiger partial charge in [0.15, 0.2) is 5.82 Å². The first kappa shape index (κ1) is 15.9. The predicted molar refractivity (Wildman–Crippen MR) is 98.1 cm³/mol. The second-order valence-electron chi connectivity index (χ2n) is 5.78. The van der Waals surface area contributed by atoms with Crippen molar-refractivity contribution in [3.05, 3.63) is 65.4 Å². The number of hydrogen-bond donors (Lipinski definition) is 2. The largest absolute Gasteiger partial charge is 0.339 e. The predicted octanol–water partition coefficient (Wildman–Crippen LogP) is 4.54. The van der Waals surface area contributed by atoms with Gasteiger partial charge < -0.3 is 10.6 Å². The van der Waals surface area contributed by atoms with Crippen molar-refractivity contribution < 1.29 is 0 Å². The summed E-state index contributed by atoms with van der Waals surface area (Å²) in [5.74, 6) is 1.12. The van der Waals surface area contributed by atoms with Gasteiger partial charge in [0.25, 0.3) is 0 Å². The van der Waals surface area contributed by atoms with Crippen molar-refractivity contribution in [1.29, 1.82) is 0 Å². The van der Waals surface area contributed by atoms with Gasteiger partial charge in [-0.05, 0) is 49.6 Å². The third kappa shape index (κ3) is 3.87. The Morgan fingerprint density at radius 2 is 1.75 bits per heavy atom. The number of anilines is 4. The van der Waals surface area contributed by atoms with Crippen molar-refractivity contribution >= 4 is 23.1 Å². The van der Waals surface area contributed by atoms with E-state index in [9.17, 15) is 0 Å². The maximum Gasteiger partial charge on any atom is 0.249 e. The molecule has 0 saturated carbocycles. The lowest BCUT2D eigenvalue weighted by atomic mass is 10.1. The summed E-state index contributed by atoms with van der Waals surface area (Å²) in [5.41, 5.74) is 5.65. The average Bonchev–Trinajstić information content (AvgIpc) is 2.58. The van der Waals surface area contributed by atoms with E-state index in [4.69, 9.17) is 0 Å². The van der Waals surface area contributed by atoms with Crippen molar-refractivity contribution in [3.8, 4) is 0 Å². The van der Waals surface area contributed by atoms with E-state index < -0.39 is 0 Å². The summed E-state index contributed by atoms with van der Waals surface area (Å²) in [6.07, 6.45) is 2.64. The Kier molecular flexibility index (Phi) is 4.70. The zero-order chi connectivity index (χ0) is 16.9. The third-order valence-electron chi connectivity index (χ3n) is 3.82. The van der Waals surface area contributed by atoms with E-state index in [1.165, 1.54) is 16.7 Å². The fourth-order valence-corrected chi connectivity index (χ4v) is 2.46. The number of benzene rings is 2. The molecule has 0 aliphatic rings. The molecule has 0 amide bonds. The van der Waals surface area contributed by atoms with E-state index in [1.54, 1.807) is 6.20 Å². The molecule has 0 fully saturated rings. The number of rotatable bonds is 5. The maximum absolute atomic E-state index is 4.47. The Hall–Kier alpha value is -2.95. The molecule has 3 rings (SSSR count). The molecule has 5 nitrogen and oxygen atoms in total. The summed E-state index contributed by atoms with van der Waals surface area (Å²) in [6, 6.07) is 14.5. The van der Waals surface area contributed by atoms with Crippen LogP contribution in [0.5, 0.6) is 0 Å². The molecular weight excluding hydrogens is 298 g/mol. The van der Waals surface area contributed by atoms with Crippen LogP contribution in [0.15, 0.2) is 48.7 Å². The molecule has 1 aromatic heterocycles. The molecule has 0 atom stereocenters. The molecule has 0 bridgehead atoms. The van der Waals surface area contributed by atoms with E-state index in [2.05, 4.69) is 70.9 Å². The first-order chi connectivity index (χ1) is 11.6. The Labute approximate surface area is 142 Å². The Morgan fingerprint density at radius 3 is 2.46 bits per heavy atom. The summed E-state index contributed by atoms with van der Waals surface area (Å²) in [7, 11) is 0. The fraction of sp³-hybridized carbons (Fsp3) is 0.211. The first-order valence-corrected chi connectivity index (χ1v) is 8.04. The van der Waals surface area contributed by atoms with E-state index in [1.807, 2.05) is 18.2 Å². The smallest absolute Gasteiger partial charge is 0.249 e. The first-order valence-electron chi connectivity index (χ1n) is 8.04. The quantitative estimate of drug-likeness (QED) is 0.723. The Morgan fingerprint density at radius 1 is 0.958 bits per heavy atom. The van der Waals surface area contributed by atoms with Crippen molar-refractivity contribution in [1.82, 2.24) is 15.2 Å². The molecule has 1 heterocycles. The van der Waals surface area contributed by atoms with E-state index in [0.29, 0.717) is 11.8 Å². The lowest BCUT2D eigenvalue weighted by Gasteiger charge is -2.10. The van der Waals surface area contributed by atoms with Crippen LogP contribution in [0.1, 0.15) is 23.6 Å². The minimum atomic E-state index is 0.467. The standard InChI is InChI=1S/C19H21N5/c1-4-15-6-8-16(9-7-15)21-19-23-18(12-20-24-19)22-17-10-5-13(2)11-14(17)3/h5-12H,4H2,1-3H3,(H2,21,22,23,24). The zero-order valence-corrected chi connectivity index (χ0v) is 14.2. The van der Waals surface area contributed by atoms with Crippen LogP contribution >= 0.6 is 0 Å². The SMILES string of the molecule is CCc1ccc(Nc2nncc(Nc3ccc(C)cc3C)n2)cc1. The van der Waals surface area contributed by atoms with Gasteiger partial charge in [-0.15, -0.1) is 5.10 Å². The topological polar surface area (TPSA) is 62.7 Å². The highest BCUT2D eigenvalue weighted by atomic mass is 15.3. The van der Waals surface area contributed by atoms with Crippen LogP contribution in [0, 0.1) is 13.8 Å². The summed E-state index contributed by atoms with van der Waals surface area (Å²) < 4.78 is 0. The van der Waals surface area contributed by atoms with Gasteiger partial charge in [0.2, 0.25) is 5.95 Å². The molecule has 0 saturated heterocycles. The van der Waals surface area contributed by atoms with Crippen LogP contribution in [0.2, 0.25) is 0 Å². The highest BCUT2D eigenvalue weighted by Gasteiger charge is 2.04. The monoisotopic (exact) mass is 319 g/mol. The van der Waals surface area contributed by atoms with Crippen LogP contribution < -0.4 is 10.6 Å². The van der Waals surface area contributed by atoms with Crippen LogP contribution in [-0.2, 0) is 6.42 Å². The van der Waals surface area contributed by atoms with Gasteiger partial charge in [-0.25, -0.2) is 0 Å². The molecule has 0 radical (unpaired) electrons. The van der Waals surface area contributed by atoms with Gasteiger partial charge in [0.1, 0.15) is 0 Å². The lowest BCUT2D eigenvalue weighted by Crippen LogP contribution is -2.03. The van der Waals surface area contributed by atoms with Gasteiger partial charge in [-0.2, -0.15) is 10.1 Å². The zero-order valence-electron chi connectivity index (χ0n) is 14.2. The highest BCUT2D eigenvalue weighted by molar-refractivity contribution is 5.62. The Bertz CT molecular complexity index is 827. The molecule has 122 valence electrons. The Balaban J connectivity index is 1.75. The number of aromatic nitrogens is 3. The molecule has 0 unspecified atom stereocenters. The van der Waals surface area contributed by atoms with Crippen LogP contribution in [0.4, 0.5) is 23.1 Å². The molecule has 3 aromatic rings. The minimum absolute atomic E-state index is 0.467. The third-order valence-corrected chi connectivity index (χ3v) is 3.82. The summed E-state index contributed by atoms with van der Waals surface area (Å²) in [6.45, 7) is 6.28. The second kappa shape index (κ2) is 7.08. The van der Waals surface area contributed by atoms with Gasteiger partial charge in [-0.1, -0.05) is 36.8 Å². The average molecular weight is 319 g/mol. The molecule has 2 N–H and O–H groups in total. The lowest BCUT2D eigenvalue weighted by molar-refractivity contribution is 0.982. The number of nitrogens with one attached hydrogen (secondary N) is 2. The number of hydrogen-bond acceptors (Lipinski definition) is 5. The molecule has 5 heteroatoms. The maximum atomic E-state index is 4.47. The fourth-order valence-electron chi connectivity index (χ4n) is 2.46. The molecular formula is C19H21N5. The van der Waals surface area contributed by atoms with Crippen molar-refractivity contribution in [2.45, 2.75) is 27.2 Å². The summed E-state index contributed by atoms with van der Waals surface area (Å²) in [4.78, 5) is 4.47. The van der Waals surface area contributed by atoms with Crippen LogP contribution in [0.25, 0.3) is 0 Å². The van der Waals surface area contributed by atoms with Crippen molar-refractivity contribution in [2.75, 3.05) is 10.6 Å². The molecule has 2 aromatic carbocycles.